The summed E-state index contributed by atoms with van der Waals surface area (Å²) >= 11 is 0. The van der Waals surface area contributed by atoms with Crippen LogP contribution in [0.15, 0.2) is 12.5 Å². The van der Waals surface area contributed by atoms with E-state index < -0.39 is 0 Å². The molecule has 100 valence electrons. The minimum absolute atomic E-state index is 0.405. The Morgan fingerprint density at radius 2 is 2.50 bits per heavy atom. The summed E-state index contributed by atoms with van der Waals surface area (Å²) in [6, 6.07) is 0.491. The summed E-state index contributed by atoms with van der Waals surface area (Å²) in [5.41, 5.74) is 1.24. The molecule has 2 fully saturated rings. The molecule has 0 saturated carbocycles. The summed E-state index contributed by atoms with van der Waals surface area (Å²) in [6.45, 7) is 2.46. The Bertz CT molecular complexity index is 393. The van der Waals surface area contributed by atoms with Crippen molar-refractivity contribution in [2.24, 2.45) is 0 Å². The number of hydrogen-bond acceptors (Lipinski definition) is 4. The first-order valence-electron chi connectivity index (χ1n) is 6.74. The van der Waals surface area contributed by atoms with E-state index in [0.717, 1.165) is 26.1 Å². The lowest BCUT2D eigenvalue weighted by atomic mass is 9.95. The summed E-state index contributed by atoms with van der Waals surface area (Å²) in [4.78, 5) is 4.29. The minimum atomic E-state index is 0.405. The Morgan fingerprint density at radius 3 is 3.22 bits per heavy atom. The van der Waals surface area contributed by atoms with E-state index in [1.54, 1.807) is 7.11 Å². The number of fused-ring (bicyclic) bond motifs is 2. The normalized spacial score (nSPS) is 30.2. The Labute approximate surface area is 107 Å². The van der Waals surface area contributed by atoms with Gasteiger partial charge in [0.05, 0.1) is 36.9 Å². The molecular weight excluding hydrogens is 230 g/mol. The number of hydrogen-bond donors (Lipinski definition) is 1. The van der Waals surface area contributed by atoms with Crippen LogP contribution in [0.3, 0.4) is 0 Å². The molecule has 2 aliphatic heterocycles. The molecule has 0 amide bonds. The van der Waals surface area contributed by atoms with Gasteiger partial charge in [-0.3, -0.25) is 0 Å². The van der Waals surface area contributed by atoms with Crippen LogP contribution in [0.2, 0.25) is 0 Å². The van der Waals surface area contributed by atoms with E-state index in [1.165, 1.54) is 18.5 Å². The number of imidazole rings is 1. The van der Waals surface area contributed by atoms with Gasteiger partial charge in [-0.05, 0) is 19.3 Å². The van der Waals surface area contributed by atoms with E-state index in [0.29, 0.717) is 18.2 Å². The second-order valence-corrected chi connectivity index (χ2v) is 5.14. The highest BCUT2D eigenvalue weighted by atomic mass is 16.5. The van der Waals surface area contributed by atoms with Crippen LogP contribution in [0.4, 0.5) is 0 Å². The van der Waals surface area contributed by atoms with Crippen molar-refractivity contribution in [3.05, 3.63) is 18.2 Å². The molecule has 0 aliphatic carbocycles. The number of ether oxygens (including phenoxy) is 2. The average Bonchev–Trinajstić information content (AvgIpc) is 3.09. The lowest BCUT2D eigenvalue weighted by Gasteiger charge is -2.22. The van der Waals surface area contributed by atoms with Crippen molar-refractivity contribution in [1.29, 1.82) is 0 Å². The zero-order valence-corrected chi connectivity index (χ0v) is 10.8. The Morgan fingerprint density at radius 1 is 1.56 bits per heavy atom. The van der Waals surface area contributed by atoms with E-state index in [1.807, 2.05) is 12.5 Å². The molecule has 18 heavy (non-hydrogen) atoms. The summed E-state index contributed by atoms with van der Waals surface area (Å²) in [5, 5.41) is 3.37. The van der Waals surface area contributed by atoms with Crippen LogP contribution < -0.4 is 5.32 Å². The Hall–Kier alpha value is -0.910. The topological polar surface area (TPSA) is 48.3 Å². The molecule has 0 radical (unpaired) electrons. The molecule has 3 unspecified atom stereocenters. The quantitative estimate of drug-likeness (QED) is 0.770. The van der Waals surface area contributed by atoms with Crippen LogP contribution in [0.5, 0.6) is 0 Å². The van der Waals surface area contributed by atoms with Gasteiger partial charge in [0.15, 0.2) is 0 Å². The first kappa shape index (κ1) is 12.1. The van der Waals surface area contributed by atoms with Gasteiger partial charge in [0.2, 0.25) is 0 Å². The largest absolute Gasteiger partial charge is 0.383 e. The van der Waals surface area contributed by atoms with Crippen molar-refractivity contribution in [2.75, 3.05) is 20.3 Å². The monoisotopic (exact) mass is 251 g/mol. The minimum Gasteiger partial charge on any atom is -0.383 e. The molecule has 2 saturated heterocycles. The highest BCUT2D eigenvalue weighted by molar-refractivity contribution is 5.05. The van der Waals surface area contributed by atoms with Gasteiger partial charge in [0, 0.05) is 26.4 Å². The summed E-state index contributed by atoms with van der Waals surface area (Å²) < 4.78 is 13.2. The maximum Gasteiger partial charge on any atom is 0.0952 e. The molecule has 2 aliphatic rings. The molecule has 1 N–H and O–H groups in total. The van der Waals surface area contributed by atoms with Crippen molar-refractivity contribution < 1.29 is 9.47 Å². The molecule has 1 aromatic heterocycles. The molecule has 1 aromatic rings. The molecule has 0 spiro atoms. The standard InChI is InChI=1S/C13H21N3O2/c1-17-5-4-14-7-10-8-15-9-16(10)12-6-11-2-3-13(12)18-11/h8-9,11-14H,2-7H2,1H3. The van der Waals surface area contributed by atoms with Crippen molar-refractivity contribution >= 4 is 0 Å². The summed E-state index contributed by atoms with van der Waals surface area (Å²) in [5.74, 6) is 0. The van der Waals surface area contributed by atoms with Crippen LogP contribution in [0, 0.1) is 0 Å². The van der Waals surface area contributed by atoms with Crippen molar-refractivity contribution in [2.45, 2.75) is 44.1 Å². The molecular formula is C13H21N3O2. The first-order chi connectivity index (χ1) is 8.88. The van der Waals surface area contributed by atoms with Gasteiger partial charge in [-0.1, -0.05) is 0 Å². The number of aromatic nitrogens is 2. The predicted molar refractivity (Wildman–Crippen MR) is 67.4 cm³/mol. The molecule has 0 aromatic carbocycles. The van der Waals surface area contributed by atoms with E-state index in [4.69, 9.17) is 9.47 Å². The van der Waals surface area contributed by atoms with Crippen molar-refractivity contribution in [3.8, 4) is 0 Å². The summed E-state index contributed by atoms with van der Waals surface area (Å²) in [7, 11) is 1.72. The molecule has 3 rings (SSSR count). The third-order valence-corrected chi connectivity index (χ3v) is 3.97. The lowest BCUT2D eigenvalue weighted by Crippen LogP contribution is -2.25. The smallest absolute Gasteiger partial charge is 0.0952 e. The molecule has 3 heterocycles. The lowest BCUT2D eigenvalue weighted by molar-refractivity contribution is 0.0934. The van der Waals surface area contributed by atoms with E-state index in [2.05, 4.69) is 14.9 Å². The van der Waals surface area contributed by atoms with E-state index in [-0.39, 0.29) is 0 Å². The molecule has 3 atom stereocenters. The fourth-order valence-corrected chi connectivity index (χ4v) is 3.06. The number of methoxy groups -OCH3 is 1. The van der Waals surface area contributed by atoms with Crippen LogP contribution in [0.1, 0.15) is 31.0 Å². The van der Waals surface area contributed by atoms with Crippen molar-refractivity contribution in [1.82, 2.24) is 14.9 Å². The van der Waals surface area contributed by atoms with Crippen molar-refractivity contribution in [3.63, 3.8) is 0 Å². The van der Waals surface area contributed by atoms with Crippen LogP contribution >= 0.6 is 0 Å². The highest BCUT2D eigenvalue weighted by Gasteiger charge is 2.42. The highest BCUT2D eigenvalue weighted by Crippen LogP contribution is 2.41. The predicted octanol–water partition coefficient (Wildman–Crippen LogP) is 1.11. The third kappa shape index (κ3) is 2.30. The first-order valence-corrected chi connectivity index (χ1v) is 6.74. The molecule has 5 nitrogen and oxygen atoms in total. The van der Waals surface area contributed by atoms with E-state index >= 15 is 0 Å². The average molecular weight is 251 g/mol. The van der Waals surface area contributed by atoms with Gasteiger partial charge in [0.1, 0.15) is 0 Å². The van der Waals surface area contributed by atoms with Gasteiger partial charge in [-0.25, -0.2) is 4.98 Å². The van der Waals surface area contributed by atoms with Crippen LogP contribution in [-0.4, -0.2) is 42.0 Å². The van der Waals surface area contributed by atoms with Crippen LogP contribution in [-0.2, 0) is 16.0 Å². The molecule has 2 bridgehead atoms. The maximum atomic E-state index is 5.92. The fraction of sp³-hybridized carbons (Fsp3) is 0.769. The molecule has 5 heteroatoms. The summed E-state index contributed by atoms with van der Waals surface area (Å²) in [6.07, 6.45) is 8.36. The second kappa shape index (κ2) is 5.38. The van der Waals surface area contributed by atoms with Gasteiger partial charge in [-0.2, -0.15) is 0 Å². The Balaban J connectivity index is 1.61. The number of rotatable bonds is 6. The van der Waals surface area contributed by atoms with Gasteiger partial charge >= 0.3 is 0 Å². The number of nitrogens with one attached hydrogen (secondary N) is 1. The zero-order chi connectivity index (χ0) is 12.4. The van der Waals surface area contributed by atoms with Gasteiger partial charge in [-0.15, -0.1) is 0 Å². The number of nitrogens with zero attached hydrogens (tertiary/aromatic N) is 2. The second-order valence-electron chi connectivity index (χ2n) is 5.14. The van der Waals surface area contributed by atoms with E-state index in [9.17, 15) is 0 Å². The van der Waals surface area contributed by atoms with Crippen LogP contribution in [0.25, 0.3) is 0 Å². The fourth-order valence-electron chi connectivity index (χ4n) is 3.06. The maximum absolute atomic E-state index is 5.92. The third-order valence-electron chi connectivity index (χ3n) is 3.97. The Kier molecular flexibility index (Phi) is 3.63. The van der Waals surface area contributed by atoms with Gasteiger partial charge < -0.3 is 19.4 Å². The SMILES string of the molecule is COCCNCc1cncn1C1CC2CCC1O2. The zero-order valence-electron chi connectivity index (χ0n) is 10.8. The van der Waals surface area contributed by atoms with Gasteiger partial charge in [0.25, 0.3) is 0 Å².